The molecular formula is C9H12O. The van der Waals surface area contributed by atoms with E-state index in [1.165, 1.54) is 11.1 Å². The van der Waals surface area contributed by atoms with Crippen LogP contribution < -0.4 is 0 Å². The minimum Gasteiger partial charge on any atom is -0.508 e. The maximum Gasteiger partial charge on any atom is 0.115 e. The summed E-state index contributed by atoms with van der Waals surface area (Å²) in [6.07, 6.45) is 0.986. The number of hydrogen-bond acceptors (Lipinski definition) is 1. The zero-order chi connectivity index (χ0) is 7.56. The zero-order valence-corrected chi connectivity index (χ0v) is 6.39. The summed E-state index contributed by atoms with van der Waals surface area (Å²) in [5.41, 5.74) is 2.47. The van der Waals surface area contributed by atoms with Crippen LogP contribution in [-0.4, -0.2) is 5.11 Å². The molecule has 0 aliphatic carbocycles. The molecule has 1 rings (SSSR count). The van der Waals surface area contributed by atoms with Gasteiger partial charge in [-0.15, -0.1) is 0 Å². The normalized spacial score (nSPS) is 9.80. The van der Waals surface area contributed by atoms with Gasteiger partial charge in [0, 0.05) is 0 Å². The molecule has 1 N–H and O–H groups in total. The lowest BCUT2D eigenvalue weighted by atomic mass is 10.1. The second kappa shape index (κ2) is 2.74. The van der Waals surface area contributed by atoms with E-state index >= 15 is 0 Å². The van der Waals surface area contributed by atoms with Crippen LogP contribution in [0.1, 0.15) is 18.1 Å². The van der Waals surface area contributed by atoms with Crippen LogP contribution in [0.4, 0.5) is 0 Å². The van der Waals surface area contributed by atoms with E-state index in [2.05, 4.69) is 13.8 Å². The van der Waals surface area contributed by atoms with E-state index in [-0.39, 0.29) is 0 Å². The molecule has 0 atom stereocenters. The van der Waals surface area contributed by atoms with Crippen LogP contribution in [0, 0.1) is 6.92 Å². The van der Waals surface area contributed by atoms with E-state index in [1.807, 2.05) is 12.1 Å². The van der Waals surface area contributed by atoms with Crippen molar-refractivity contribution in [1.29, 1.82) is 0 Å². The molecule has 1 aromatic rings. The summed E-state index contributed by atoms with van der Waals surface area (Å²) in [4.78, 5) is 0. The van der Waals surface area contributed by atoms with Gasteiger partial charge in [-0.05, 0) is 36.6 Å². The standard InChI is InChI=1S/C9H12O/c1-3-8-6-9(10)5-4-7(8)2/h4-6,10H,3H2,1-2H3. The Morgan fingerprint density at radius 3 is 2.60 bits per heavy atom. The molecule has 0 fully saturated rings. The predicted molar refractivity (Wildman–Crippen MR) is 42.2 cm³/mol. The fourth-order valence-electron chi connectivity index (χ4n) is 1.04. The highest BCUT2D eigenvalue weighted by Crippen LogP contribution is 2.15. The van der Waals surface area contributed by atoms with Gasteiger partial charge < -0.3 is 5.11 Å². The maximum atomic E-state index is 9.07. The predicted octanol–water partition coefficient (Wildman–Crippen LogP) is 2.26. The van der Waals surface area contributed by atoms with Crippen LogP contribution >= 0.6 is 0 Å². The highest BCUT2D eigenvalue weighted by molar-refractivity contribution is 5.33. The highest BCUT2D eigenvalue weighted by atomic mass is 16.3. The second-order valence-corrected chi connectivity index (χ2v) is 2.46. The van der Waals surface area contributed by atoms with Crippen molar-refractivity contribution in [3.05, 3.63) is 29.3 Å². The Balaban J connectivity index is 3.09. The number of phenols is 1. The fourth-order valence-corrected chi connectivity index (χ4v) is 1.04. The molecule has 0 saturated carbocycles. The first kappa shape index (κ1) is 7.13. The van der Waals surface area contributed by atoms with Crippen LogP contribution in [0.5, 0.6) is 5.75 Å². The molecule has 0 bridgehead atoms. The Hall–Kier alpha value is -0.980. The average molecular weight is 136 g/mol. The van der Waals surface area contributed by atoms with E-state index in [0.29, 0.717) is 5.75 Å². The van der Waals surface area contributed by atoms with Gasteiger partial charge >= 0.3 is 0 Å². The Morgan fingerprint density at radius 1 is 1.40 bits per heavy atom. The summed E-state index contributed by atoms with van der Waals surface area (Å²) >= 11 is 0. The molecule has 1 aromatic carbocycles. The van der Waals surface area contributed by atoms with Crippen LogP contribution in [0.15, 0.2) is 18.2 Å². The molecule has 1 nitrogen and oxygen atoms in total. The quantitative estimate of drug-likeness (QED) is 0.627. The lowest BCUT2D eigenvalue weighted by molar-refractivity contribution is 0.474. The lowest BCUT2D eigenvalue weighted by Crippen LogP contribution is -1.83. The van der Waals surface area contributed by atoms with Crippen LogP contribution in [0.2, 0.25) is 0 Å². The van der Waals surface area contributed by atoms with Gasteiger partial charge in [0.25, 0.3) is 0 Å². The van der Waals surface area contributed by atoms with Gasteiger partial charge in [-0.1, -0.05) is 13.0 Å². The van der Waals surface area contributed by atoms with Gasteiger partial charge in [-0.2, -0.15) is 0 Å². The lowest BCUT2D eigenvalue weighted by Gasteiger charge is -2.01. The minimum absolute atomic E-state index is 0.363. The molecule has 0 saturated heterocycles. The molecule has 0 amide bonds. The van der Waals surface area contributed by atoms with Gasteiger partial charge in [0.2, 0.25) is 0 Å². The first-order valence-electron chi connectivity index (χ1n) is 3.52. The van der Waals surface area contributed by atoms with Gasteiger partial charge in [0.05, 0.1) is 0 Å². The Labute approximate surface area is 61.3 Å². The molecular weight excluding hydrogens is 124 g/mol. The van der Waals surface area contributed by atoms with Crippen molar-refractivity contribution in [2.45, 2.75) is 20.3 Å². The van der Waals surface area contributed by atoms with Crippen molar-refractivity contribution < 1.29 is 5.11 Å². The molecule has 1 heteroatoms. The van der Waals surface area contributed by atoms with Crippen molar-refractivity contribution in [2.75, 3.05) is 0 Å². The summed E-state index contributed by atoms with van der Waals surface area (Å²) < 4.78 is 0. The van der Waals surface area contributed by atoms with E-state index in [9.17, 15) is 0 Å². The van der Waals surface area contributed by atoms with Gasteiger partial charge in [0.1, 0.15) is 5.75 Å². The van der Waals surface area contributed by atoms with Crippen LogP contribution in [-0.2, 0) is 6.42 Å². The maximum absolute atomic E-state index is 9.07. The summed E-state index contributed by atoms with van der Waals surface area (Å²) in [7, 11) is 0. The molecule has 0 aromatic heterocycles. The smallest absolute Gasteiger partial charge is 0.115 e. The summed E-state index contributed by atoms with van der Waals surface area (Å²) in [6, 6.07) is 5.47. The average Bonchev–Trinajstić information content (AvgIpc) is 1.94. The Bertz CT molecular complexity index is 228. The number of aryl methyl sites for hydroxylation is 2. The van der Waals surface area contributed by atoms with Crippen LogP contribution in [0.25, 0.3) is 0 Å². The first-order valence-corrected chi connectivity index (χ1v) is 3.52. The van der Waals surface area contributed by atoms with Crippen molar-refractivity contribution in [2.24, 2.45) is 0 Å². The summed E-state index contributed by atoms with van der Waals surface area (Å²) in [6.45, 7) is 4.14. The third-order valence-electron chi connectivity index (χ3n) is 1.71. The topological polar surface area (TPSA) is 20.2 Å². The van der Waals surface area contributed by atoms with Gasteiger partial charge in [-0.3, -0.25) is 0 Å². The number of aromatic hydroxyl groups is 1. The molecule has 0 aliphatic rings. The number of benzene rings is 1. The highest BCUT2D eigenvalue weighted by Gasteiger charge is 1.95. The van der Waals surface area contributed by atoms with Crippen LogP contribution in [0.3, 0.4) is 0 Å². The first-order chi connectivity index (χ1) is 4.74. The third-order valence-corrected chi connectivity index (χ3v) is 1.71. The number of rotatable bonds is 1. The van der Waals surface area contributed by atoms with E-state index in [4.69, 9.17) is 5.11 Å². The van der Waals surface area contributed by atoms with Crippen molar-refractivity contribution in [3.8, 4) is 5.75 Å². The second-order valence-electron chi connectivity index (χ2n) is 2.46. The van der Waals surface area contributed by atoms with Crippen molar-refractivity contribution >= 4 is 0 Å². The SMILES string of the molecule is CCc1cc(O)ccc1C. The molecule has 0 unspecified atom stereocenters. The Morgan fingerprint density at radius 2 is 2.10 bits per heavy atom. The van der Waals surface area contributed by atoms with Gasteiger partial charge in [0.15, 0.2) is 0 Å². The molecule has 0 aliphatic heterocycles. The fraction of sp³-hybridized carbons (Fsp3) is 0.333. The monoisotopic (exact) mass is 136 g/mol. The zero-order valence-electron chi connectivity index (χ0n) is 6.39. The molecule has 54 valence electrons. The molecule has 0 heterocycles. The van der Waals surface area contributed by atoms with Crippen molar-refractivity contribution in [1.82, 2.24) is 0 Å². The summed E-state index contributed by atoms with van der Waals surface area (Å²) in [5, 5.41) is 9.07. The van der Waals surface area contributed by atoms with Crippen molar-refractivity contribution in [3.63, 3.8) is 0 Å². The Kier molecular flexibility index (Phi) is 1.95. The molecule has 0 spiro atoms. The molecule has 10 heavy (non-hydrogen) atoms. The van der Waals surface area contributed by atoms with E-state index in [0.717, 1.165) is 6.42 Å². The third kappa shape index (κ3) is 1.29. The summed E-state index contributed by atoms with van der Waals surface area (Å²) in [5.74, 6) is 0.363. The number of hydrogen-bond donors (Lipinski definition) is 1. The minimum atomic E-state index is 0.363. The molecule has 0 radical (unpaired) electrons. The largest absolute Gasteiger partial charge is 0.508 e. The van der Waals surface area contributed by atoms with Gasteiger partial charge in [-0.25, -0.2) is 0 Å². The number of phenolic OH excluding ortho intramolecular Hbond substituents is 1. The van der Waals surface area contributed by atoms with E-state index < -0.39 is 0 Å². The van der Waals surface area contributed by atoms with E-state index in [1.54, 1.807) is 6.07 Å².